The van der Waals surface area contributed by atoms with E-state index in [1.807, 2.05) is 0 Å². The molecule has 0 unspecified atom stereocenters. The minimum absolute atomic E-state index is 0.438. The molecule has 16 heavy (non-hydrogen) atoms. The number of hydrazine groups is 1. The predicted molar refractivity (Wildman–Crippen MR) is 60.6 cm³/mol. The van der Waals surface area contributed by atoms with Gasteiger partial charge in [0.15, 0.2) is 5.82 Å². The first-order valence-electron chi connectivity index (χ1n) is 5.29. The number of nitrogens with two attached hydrogens (primary N) is 1. The summed E-state index contributed by atoms with van der Waals surface area (Å²) in [4.78, 5) is 8.13. The molecule has 1 aromatic rings. The van der Waals surface area contributed by atoms with Gasteiger partial charge in [0.25, 0.3) is 0 Å². The predicted octanol–water partition coefficient (Wildman–Crippen LogP) is 0.705. The van der Waals surface area contributed by atoms with Crippen LogP contribution in [0.1, 0.15) is 19.0 Å². The van der Waals surface area contributed by atoms with Crippen LogP contribution in [0.2, 0.25) is 0 Å². The van der Waals surface area contributed by atoms with Gasteiger partial charge in [-0.15, -0.1) is 0 Å². The average molecular weight is 226 g/mol. The van der Waals surface area contributed by atoms with Gasteiger partial charge in [0.05, 0.1) is 37.9 Å². The Bertz CT molecular complexity index is 279. The van der Waals surface area contributed by atoms with Crippen molar-refractivity contribution in [2.24, 2.45) is 5.84 Å². The van der Waals surface area contributed by atoms with Gasteiger partial charge in [0.1, 0.15) is 0 Å². The Hall–Kier alpha value is -1.24. The first-order valence-corrected chi connectivity index (χ1v) is 5.29. The lowest BCUT2D eigenvalue weighted by atomic mass is 10.5. The smallest absolute Gasteiger partial charge is 0.158 e. The second kappa shape index (κ2) is 7.98. The molecule has 90 valence electrons. The Labute approximate surface area is 95.1 Å². The minimum Gasteiger partial charge on any atom is -0.379 e. The van der Waals surface area contributed by atoms with E-state index >= 15 is 0 Å². The van der Waals surface area contributed by atoms with Gasteiger partial charge in [-0.05, 0) is 6.42 Å². The number of nitrogens with one attached hydrogen (secondary N) is 1. The Morgan fingerprint density at radius 3 is 2.62 bits per heavy atom. The molecule has 0 atom stereocenters. The molecule has 0 aliphatic carbocycles. The van der Waals surface area contributed by atoms with Gasteiger partial charge < -0.3 is 14.9 Å². The van der Waals surface area contributed by atoms with Crippen molar-refractivity contribution in [3.8, 4) is 0 Å². The van der Waals surface area contributed by atoms with E-state index in [0.717, 1.165) is 18.7 Å². The van der Waals surface area contributed by atoms with Crippen LogP contribution in [0.5, 0.6) is 0 Å². The second-order valence-electron chi connectivity index (χ2n) is 3.20. The molecular weight excluding hydrogens is 208 g/mol. The fourth-order valence-electron chi connectivity index (χ4n) is 1.04. The van der Waals surface area contributed by atoms with Gasteiger partial charge in [-0.2, -0.15) is 0 Å². The van der Waals surface area contributed by atoms with Crippen LogP contribution in [0, 0.1) is 0 Å². The molecular formula is C10H18N4O2. The molecule has 1 rings (SSSR count). The van der Waals surface area contributed by atoms with Crippen LogP contribution in [0.25, 0.3) is 0 Å². The van der Waals surface area contributed by atoms with Crippen LogP contribution in [0.4, 0.5) is 5.82 Å². The molecule has 0 bridgehead atoms. The molecule has 6 heteroatoms. The summed E-state index contributed by atoms with van der Waals surface area (Å²) < 4.78 is 10.6. The van der Waals surface area contributed by atoms with Gasteiger partial charge >= 0.3 is 0 Å². The van der Waals surface area contributed by atoms with Crippen molar-refractivity contribution in [1.29, 1.82) is 0 Å². The maximum absolute atomic E-state index is 5.36. The topological polar surface area (TPSA) is 82.3 Å². The minimum atomic E-state index is 0.438. The Morgan fingerprint density at radius 1 is 1.19 bits per heavy atom. The largest absolute Gasteiger partial charge is 0.379 e. The number of hydrogen-bond donors (Lipinski definition) is 2. The molecule has 0 radical (unpaired) electrons. The van der Waals surface area contributed by atoms with Gasteiger partial charge in [-0.1, -0.05) is 6.92 Å². The van der Waals surface area contributed by atoms with Gasteiger partial charge in [-0.25, -0.2) is 10.8 Å². The maximum atomic E-state index is 5.36. The molecule has 0 saturated heterocycles. The van der Waals surface area contributed by atoms with Crippen LogP contribution in [0.15, 0.2) is 12.4 Å². The van der Waals surface area contributed by atoms with Crippen LogP contribution < -0.4 is 11.3 Å². The van der Waals surface area contributed by atoms with Crippen molar-refractivity contribution in [2.45, 2.75) is 20.0 Å². The SMILES string of the molecule is CCCOCCOCc1cnc(NN)cn1. The van der Waals surface area contributed by atoms with E-state index in [9.17, 15) is 0 Å². The summed E-state index contributed by atoms with van der Waals surface area (Å²) in [5, 5.41) is 0. The standard InChI is InChI=1S/C10H18N4O2/c1-2-3-15-4-5-16-8-9-6-13-10(14-11)7-12-9/h6-7H,2-5,8,11H2,1H3,(H,13,14). The van der Waals surface area contributed by atoms with Gasteiger partial charge in [0, 0.05) is 6.61 Å². The summed E-state index contributed by atoms with van der Waals surface area (Å²) in [6, 6.07) is 0. The van der Waals surface area contributed by atoms with E-state index in [-0.39, 0.29) is 0 Å². The summed E-state index contributed by atoms with van der Waals surface area (Å²) in [5.41, 5.74) is 3.18. The Morgan fingerprint density at radius 2 is 2.00 bits per heavy atom. The maximum Gasteiger partial charge on any atom is 0.158 e. The molecule has 1 heterocycles. The van der Waals surface area contributed by atoms with E-state index in [4.69, 9.17) is 15.3 Å². The zero-order valence-corrected chi connectivity index (χ0v) is 9.48. The van der Waals surface area contributed by atoms with E-state index < -0.39 is 0 Å². The van der Waals surface area contributed by atoms with Crippen LogP contribution in [0.3, 0.4) is 0 Å². The highest BCUT2D eigenvalue weighted by Gasteiger charge is 1.96. The lowest BCUT2D eigenvalue weighted by Gasteiger charge is -2.04. The molecule has 0 aromatic carbocycles. The van der Waals surface area contributed by atoms with E-state index in [2.05, 4.69) is 22.3 Å². The molecule has 0 saturated carbocycles. The van der Waals surface area contributed by atoms with Crippen LogP contribution in [-0.4, -0.2) is 29.8 Å². The number of anilines is 1. The zero-order chi connectivity index (χ0) is 11.6. The number of ether oxygens (including phenoxy) is 2. The van der Waals surface area contributed by atoms with Crippen LogP contribution in [-0.2, 0) is 16.1 Å². The highest BCUT2D eigenvalue weighted by molar-refractivity contribution is 5.28. The zero-order valence-electron chi connectivity index (χ0n) is 9.48. The van der Waals surface area contributed by atoms with E-state index in [0.29, 0.717) is 25.6 Å². The van der Waals surface area contributed by atoms with Crippen LogP contribution >= 0.6 is 0 Å². The summed E-state index contributed by atoms with van der Waals surface area (Å²) in [5.74, 6) is 5.70. The number of aromatic nitrogens is 2. The average Bonchev–Trinajstić information content (AvgIpc) is 2.34. The number of rotatable bonds is 8. The van der Waals surface area contributed by atoms with Crippen molar-refractivity contribution < 1.29 is 9.47 Å². The molecule has 0 spiro atoms. The third-order valence-corrected chi connectivity index (χ3v) is 1.82. The first kappa shape index (κ1) is 12.8. The molecule has 6 nitrogen and oxygen atoms in total. The summed E-state index contributed by atoms with van der Waals surface area (Å²) in [7, 11) is 0. The lowest BCUT2D eigenvalue weighted by molar-refractivity contribution is 0.0396. The second-order valence-corrected chi connectivity index (χ2v) is 3.20. The monoisotopic (exact) mass is 226 g/mol. The highest BCUT2D eigenvalue weighted by atomic mass is 16.5. The fraction of sp³-hybridized carbons (Fsp3) is 0.600. The summed E-state index contributed by atoms with van der Waals surface area (Å²) in [6.45, 7) is 4.47. The van der Waals surface area contributed by atoms with Gasteiger partial charge in [-0.3, -0.25) is 4.98 Å². The number of nitrogens with zero attached hydrogens (tertiary/aromatic N) is 2. The molecule has 0 aliphatic heterocycles. The van der Waals surface area contributed by atoms with Crippen molar-refractivity contribution in [2.75, 3.05) is 25.2 Å². The Balaban J connectivity index is 2.12. The fourth-order valence-corrected chi connectivity index (χ4v) is 1.04. The molecule has 0 fully saturated rings. The number of hydrogen-bond acceptors (Lipinski definition) is 6. The summed E-state index contributed by atoms with van der Waals surface area (Å²) in [6.07, 6.45) is 4.22. The Kier molecular flexibility index (Phi) is 6.39. The highest BCUT2D eigenvalue weighted by Crippen LogP contribution is 2.00. The molecule has 3 N–H and O–H groups in total. The molecule has 1 aromatic heterocycles. The normalized spacial score (nSPS) is 10.4. The molecule has 0 amide bonds. The van der Waals surface area contributed by atoms with E-state index in [1.165, 1.54) is 0 Å². The third-order valence-electron chi connectivity index (χ3n) is 1.82. The van der Waals surface area contributed by atoms with Gasteiger partial charge in [0.2, 0.25) is 0 Å². The van der Waals surface area contributed by atoms with Crippen molar-refractivity contribution in [3.05, 3.63) is 18.1 Å². The van der Waals surface area contributed by atoms with Crippen molar-refractivity contribution in [3.63, 3.8) is 0 Å². The molecule has 0 aliphatic rings. The number of nitrogen functional groups attached to an aromatic ring is 1. The van der Waals surface area contributed by atoms with Crippen molar-refractivity contribution >= 4 is 5.82 Å². The quantitative estimate of drug-likeness (QED) is 0.386. The lowest BCUT2D eigenvalue weighted by Crippen LogP contribution is -2.10. The van der Waals surface area contributed by atoms with Crippen molar-refractivity contribution in [1.82, 2.24) is 9.97 Å². The third kappa shape index (κ3) is 5.01. The van der Waals surface area contributed by atoms with E-state index in [1.54, 1.807) is 12.4 Å². The summed E-state index contributed by atoms with van der Waals surface area (Å²) >= 11 is 0. The first-order chi connectivity index (χ1) is 7.86.